The van der Waals surface area contributed by atoms with Crippen LogP contribution in [0.15, 0.2) is 34.3 Å². The minimum absolute atomic E-state index is 0.762. The molecule has 5 nitrogen and oxygen atoms in total. The second-order valence-electron chi connectivity index (χ2n) is 5.61. The number of halogens is 1. The molecule has 0 bridgehead atoms. The molecular weight excluding hydrogens is 376 g/mol. The SMILES string of the molecule is CCn1c(SCCCSc2ccccc2Cl)nnc1N1CCOCC1. The molecule has 0 spiro atoms. The van der Waals surface area contributed by atoms with Crippen LogP contribution in [-0.2, 0) is 11.3 Å². The summed E-state index contributed by atoms with van der Waals surface area (Å²) in [4.78, 5) is 3.41. The summed E-state index contributed by atoms with van der Waals surface area (Å²) in [5, 5.41) is 10.6. The van der Waals surface area contributed by atoms with Gasteiger partial charge in [0.15, 0.2) is 5.16 Å². The minimum Gasteiger partial charge on any atom is -0.378 e. The molecule has 1 aromatic heterocycles. The smallest absolute Gasteiger partial charge is 0.228 e. The molecule has 1 fully saturated rings. The normalized spacial score (nSPS) is 14.9. The van der Waals surface area contributed by atoms with Crippen molar-refractivity contribution >= 4 is 41.1 Å². The molecule has 1 aliphatic rings. The first-order valence-electron chi connectivity index (χ1n) is 8.55. The molecule has 1 aliphatic heterocycles. The van der Waals surface area contributed by atoms with Crippen LogP contribution >= 0.6 is 35.1 Å². The van der Waals surface area contributed by atoms with Gasteiger partial charge in [-0.15, -0.1) is 22.0 Å². The standard InChI is InChI=1S/C17H23ClN4OS2/c1-2-22-16(21-8-10-23-11-9-21)19-20-17(22)25-13-5-12-24-15-7-4-3-6-14(15)18/h3-4,6-7H,2,5,8-13H2,1H3. The van der Waals surface area contributed by atoms with E-state index in [1.165, 1.54) is 0 Å². The maximum atomic E-state index is 6.19. The number of anilines is 1. The fourth-order valence-corrected chi connectivity index (χ4v) is 4.94. The highest BCUT2D eigenvalue weighted by Gasteiger charge is 2.19. The number of morpholine rings is 1. The molecule has 3 rings (SSSR count). The number of rotatable bonds is 8. The van der Waals surface area contributed by atoms with Crippen molar-refractivity contribution in [1.82, 2.24) is 14.8 Å². The van der Waals surface area contributed by atoms with Gasteiger partial charge < -0.3 is 9.64 Å². The molecule has 0 amide bonds. The van der Waals surface area contributed by atoms with Gasteiger partial charge >= 0.3 is 0 Å². The van der Waals surface area contributed by atoms with Gasteiger partial charge in [-0.3, -0.25) is 4.57 Å². The maximum absolute atomic E-state index is 6.19. The molecule has 0 aliphatic carbocycles. The zero-order valence-corrected chi connectivity index (χ0v) is 16.7. The molecule has 25 heavy (non-hydrogen) atoms. The van der Waals surface area contributed by atoms with Crippen LogP contribution in [0.2, 0.25) is 5.02 Å². The fourth-order valence-electron chi connectivity index (χ4n) is 2.63. The average molecular weight is 399 g/mol. The monoisotopic (exact) mass is 398 g/mol. The topological polar surface area (TPSA) is 43.2 Å². The first kappa shape index (κ1) is 18.9. The summed E-state index contributed by atoms with van der Waals surface area (Å²) in [6.07, 6.45) is 1.10. The van der Waals surface area contributed by atoms with Crippen molar-refractivity contribution in [2.24, 2.45) is 0 Å². The van der Waals surface area contributed by atoms with Crippen LogP contribution in [0.3, 0.4) is 0 Å². The molecule has 2 aromatic rings. The Morgan fingerprint density at radius 2 is 1.88 bits per heavy atom. The largest absolute Gasteiger partial charge is 0.378 e. The van der Waals surface area contributed by atoms with E-state index in [1.807, 2.05) is 30.0 Å². The fraction of sp³-hybridized carbons (Fsp3) is 0.529. The lowest BCUT2D eigenvalue weighted by molar-refractivity contribution is 0.121. The third kappa shape index (κ3) is 5.06. The van der Waals surface area contributed by atoms with Gasteiger partial charge in [-0.25, -0.2) is 0 Å². The summed E-state index contributed by atoms with van der Waals surface area (Å²) >= 11 is 9.78. The van der Waals surface area contributed by atoms with Crippen molar-refractivity contribution in [1.29, 1.82) is 0 Å². The number of nitrogens with zero attached hydrogens (tertiary/aromatic N) is 4. The van der Waals surface area contributed by atoms with Gasteiger partial charge in [-0.1, -0.05) is 35.5 Å². The lowest BCUT2D eigenvalue weighted by Crippen LogP contribution is -2.38. The summed E-state index contributed by atoms with van der Waals surface area (Å²) in [7, 11) is 0. The molecule has 0 saturated carbocycles. The Morgan fingerprint density at radius 1 is 1.12 bits per heavy atom. The highest BCUT2D eigenvalue weighted by molar-refractivity contribution is 8.00. The summed E-state index contributed by atoms with van der Waals surface area (Å²) in [5.41, 5.74) is 0. The second kappa shape index (κ2) is 9.71. The third-order valence-electron chi connectivity index (χ3n) is 3.92. The van der Waals surface area contributed by atoms with Crippen LogP contribution < -0.4 is 4.90 Å². The van der Waals surface area contributed by atoms with E-state index in [0.29, 0.717) is 0 Å². The Bertz CT molecular complexity index is 676. The zero-order valence-electron chi connectivity index (χ0n) is 14.4. The van der Waals surface area contributed by atoms with Crippen molar-refractivity contribution in [3.05, 3.63) is 29.3 Å². The van der Waals surface area contributed by atoms with Crippen molar-refractivity contribution in [2.45, 2.75) is 29.9 Å². The molecule has 0 unspecified atom stereocenters. The molecule has 1 saturated heterocycles. The van der Waals surface area contributed by atoms with Gasteiger partial charge in [0.25, 0.3) is 0 Å². The maximum Gasteiger partial charge on any atom is 0.228 e. The molecule has 0 N–H and O–H groups in total. The van der Waals surface area contributed by atoms with Crippen LogP contribution in [0.1, 0.15) is 13.3 Å². The Balaban J connectivity index is 1.48. The Morgan fingerprint density at radius 3 is 2.64 bits per heavy atom. The highest BCUT2D eigenvalue weighted by Crippen LogP contribution is 2.28. The van der Waals surface area contributed by atoms with Crippen molar-refractivity contribution in [3.8, 4) is 0 Å². The van der Waals surface area contributed by atoms with E-state index in [1.54, 1.807) is 11.8 Å². The lowest BCUT2D eigenvalue weighted by Gasteiger charge is -2.27. The molecule has 2 heterocycles. The minimum atomic E-state index is 0.762. The van der Waals surface area contributed by atoms with E-state index in [9.17, 15) is 0 Å². The molecule has 1 aromatic carbocycles. The molecular formula is C17H23ClN4OS2. The van der Waals surface area contributed by atoms with Crippen LogP contribution in [-0.4, -0.2) is 52.6 Å². The van der Waals surface area contributed by atoms with Gasteiger partial charge in [0, 0.05) is 30.3 Å². The first-order chi connectivity index (χ1) is 12.3. The van der Waals surface area contributed by atoms with Gasteiger partial charge in [-0.05, 0) is 31.2 Å². The van der Waals surface area contributed by atoms with E-state index in [-0.39, 0.29) is 0 Å². The third-order valence-corrected chi connectivity index (χ3v) is 6.58. The molecule has 8 heteroatoms. The molecule has 0 atom stereocenters. The summed E-state index contributed by atoms with van der Waals surface area (Å²) in [5.74, 6) is 3.05. The summed E-state index contributed by atoms with van der Waals surface area (Å²) in [6, 6.07) is 8.00. The number of aromatic nitrogens is 3. The van der Waals surface area contributed by atoms with Crippen molar-refractivity contribution < 1.29 is 4.74 Å². The Hall–Kier alpha value is -0.890. The predicted molar refractivity (Wildman–Crippen MR) is 106 cm³/mol. The molecule has 136 valence electrons. The Labute approximate surface area is 162 Å². The zero-order chi connectivity index (χ0) is 17.5. The number of hydrogen-bond acceptors (Lipinski definition) is 6. The van der Waals surface area contributed by atoms with Crippen molar-refractivity contribution in [2.75, 3.05) is 42.7 Å². The Kier molecular flexibility index (Phi) is 7.34. The van der Waals surface area contributed by atoms with Crippen LogP contribution in [0, 0.1) is 0 Å². The number of ether oxygens (including phenoxy) is 1. The van der Waals surface area contributed by atoms with Gasteiger partial charge in [-0.2, -0.15) is 0 Å². The van der Waals surface area contributed by atoms with Gasteiger partial charge in [0.05, 0.1) is 18.2 Å². The number of hydrogen-bond donors (Lipinski definition) is 0. The van der Waals surface area contributed by atoms with Crippen molar-refractivity contribution in [3.63, 3.8) is 0 Å². The number of thioether (sulfide) groups is 2. The van der Waals surface area contributed by atoms with E-state index in [4.69, 9.17) is 16.3 Å². The van der Waals surface area contributed by atoms with E-state index in [2.05, 4.69) is 32.7 Å². The van der Waals surface area contributed by atoms with Gasteiger partial charge in [0.1, 0.15) is 0 Å². The van der Waals surface area contributed by atoms with E-state index >= 15 is 0 Å². The van der Waals surface area contributed by atoms with Crippen LogP contribution in [0.5, 0.6) is 0 Å². The average Bonchev–Trinajstić information content (AvgIpc) is 3.06. The number of benzene rings is 1. The van der Waals surface area contributed by atoms with Crippen LogP contribution in [0.25, 0.3) is 0 Å². The quantitative estimate of drug-likeness (QED) is 0.493. The van der Waals surface area contributed by atoms with E-state index < -0.39 is 0 Å². The van der Waals surface area contributed by atoms with Gasteiger partial charge in [0.2, 0.25) is 5.95 Å². The summed E-state index contributed by atoms with van der Waals surface area (Å²) in [6.45, 7) is 6.33. The summed E-state index contributed by atoms with van der Waals surface area (Å²) < 4.78 is 7.63. The van der Waals surface area contributed by atoms with E-state index in [0.717, 1.165) is 71.8 Å². The highest BCUT2D eigenvalue weighted by atomic mass is 35.5. The second-order valence-corrected chi connectivity index (χ2v) is 8.21. The molecule has 0 radical (unpaired) electrons. The lowest BCUT2D eigenvalue weighted by atomic mass is 10.4. The first-order valence-corrected chi connectivity index (χ1v) is 10.9. The van der Waals surface area contributed by atoms with Crippen LogP contribution in [0.4, 0.5) is 5.95 Å². The predicted octanol–water partition coefficient (Wildman–Crippen LogP) is 4.06.